The molecule has 1 saturated heterocycles. The SMILES string of the molecule is Cc1nnc(N2CCN(CCn3cnc4cc(F)ccc43)CC2)c2ccccc12. The van der Waals surface area contributed by atoms with Gasteiger partial charge in [-0.15, -0.1) is 5.10 Å². The van der Waals surface area contributed by atoms with Crippen molar-refractivity contribution in [2.45, 2.75) is 13.5 Å². The highest BCUT2D eigenvalue weighted by molar-refractivity contribution is 5.93. The molecule has 2 aromatic heterocycles. The molecule has 4 aromatic rings. The molecule has 5 rings (SSSR count). The number of aromatic nitrogens is 4. The molecule has 29 heavy (non-hydrogen) atoms. The summed E-state index contributed by atoms with van der Waals surface area (Å²) in [7, 11) is 0. The van der Waals surface area contributed by atoms with Crippen molar-refractivity contribution in [1.29, 1.82) is 0 Å². The Bertz CT molecular complexity index is 1160. The van der Waals surface area contributed by atoms with Crippen LogP contribution in [-0.4, -0.2) is 57.4 Å². The Labute approximate surface area is 168 Å². The summed E-state index contributed by atoms with van der Waals surface area (Å²) < 4.78 is 15.4. The van der Waals surface area contributed by atoms with Crippen LogP contribution < -0.4 is 4.90 Å². The van der Waals surface area contributed by atoms with Crippen molar-refractivity contribution in [3.8, 4) is 0 Å². The van der Waals surface area contributed by atoms with Crippen LogP contribution in [-0.2, 0) is 6.54 Å². The molecule has 0 bridgehead atoms. The largest absolute Gasteiger partial charge is 0.352 e. The van der Waals surface area contributed by atoms with Gasteiger partial charge in [-0.3, -0.25) is 4.90 Å². The first kappa shape index (κ1) is 18.0. The summed E-state index contributed by atoms with van der Waals surface area (Å²) in [5, 5.41) is 11.2. The minimum atomic E-state index is -0.245. The predicted octanol–water partition coefficient (Wildman–Crippen LogP) is 3.25. The first-order valence-electron chi connectivity index (χ1n) is 9.99. The van der Waals surface area contributed by atoms with Gasteiger partial charge in [0.2, 0.25) is 0 Å². The van der Waals surface area contributed by atoms with Crippen LogP contribution in [0.2, 0.25) is 0 Å². The lowest BCUT2D eigenvalue weighted by Crippen LogP contribution is -2.47. The number of imidazole rings is 1. The third-order valence-corrected chi connectivity index (χ3v) is 5.76. The van der Waals surface area contributed by atoms with Gasteiger partial charge in [0.15, 0.2) is 5.82 Å². The van der Waals surface area contributed by atoms with Crippen molar-refractivity contribution in [3.05, 3.63) is 60.3 Å². The van der Waals surface area contributed by atoms with Crippen LogP contribution in [0, 0.1) is 12.7 Å². The molecule has 0 spiro atoms. The van der Waals surface area contributed by atoms with Gasteiger partial charge in [0.25, 0.3) is 0 Å². The van der Waals surface area contributed by atoms with E-state index >= 15 is 0 Å². The zero-order valence-corrected chi connectivity index (χ0v) is 16.4. The predicted molar refractivity (Wildman–Crippen MR) is 113 cm³/mol. The topological polar surface area (TPSA) is 50.1 Å². The van der Waals surface area contributed by atoms with Crippen LogP contribution in [0.25, 0.3) is 21.8 Å². The van der Waals surface area contributed by atoms with E-state index in [2.05, 4.69) is 47.7 Å². The Kier molecular flexibility index (Phi) is 4.60. The lowest BCUT2D eigenvalue weighted by Gasteiger charge is -2.35. The van der Waals surface area contributed by atoms with Crippen LogP contribution in [0.15, 0.2) is 48.8 Å². The summed E-state index contributed by atoms with van der Waals surface area (Å²) >= 11 is 0. The Morgan fingerprint density at radius 1 is 0.931 bits per heavy atom. The highest BCUT2D eigenvalue weighted by Crippen LogP contribution is 2.26. The molecule has 7 heteroatoms. The Balaban J connectivity index is 1.25. The fraction of sp³-hybridized carbons (Fsp3) is 0.318. The van der Waals surface area contributed by atoms with E-state index < -0.39 is 0 Å². The molecule has 0 unspecified atom stereocenters. The number of halogens is 1. The average molecular weight is 390 g/mol. The molecule has 0 amide bonds. The number of rotatable bonds is 4. The van der Waals surface area contributed by atoms with Crippen LogP contribution in [0.1, 0.15) is 5.69 Å². The Morgan fingerprint density at radius 2 is 1.72 bits per heavy atom. The minimum Gasteiger partial charge on any atom is -0.352 e. The van der Waals surface area contributed by atoms with Crippen molar-refractivity contribution < 1.29 is 4.39 Å². The zero-order valence-electron chi connectivity index (χ0n) is 16.4. The highest BCUT2D eigenvalue weighted by Gasteiger charge is 2.20. The van der Waals surface area contributed by atoms with Gasteiger partial charge in [0, 0.05) is 56.1 Å². The lowest BCUT2D eigenvalue weighted by atomic mass is 10.1. The van der Waals surface area contributed by atoms with Gasteiger partial charge in [-0.05, 0) is 19.1 Å². The third kappa shape index (κ3) is 3.42. The first-order chi connectivity index (χ1) is 14.2. The normalized spacial score (nSPS) is 15.4. The number of fused-ring (bicyclic) bond motifs is 2. The van der Waals surface area contributed by atoms with Gasteiger partial charge in [-0.25, -0.2) is 9.37 Å². The molecule has 6 nitrogen and oxygen atoms in total. The maximum atomic E-state index is 13.3. The average Bonchev–Trinajstić information content (AvgIpc) is 3.15. The number of piperazine rings is 1. The van der Waals surface area contributed by atoms with Crippen LogP contribution in [0.4, 0.5) is 10.2 Å². The van der Waals surface area contributed by atoms with Gasteiger partial charge in [-0.1, -0.05) is 24.3 Å². The summed E-state index contributed by atoms with van der Waals surface area (Å²) in [6.45, 7) is 7.60. The molecule has 3 heterocycles. The first-order valence-corrected chi connectivity index (χ1v) is 9.99. The van der Waals surface area contributed by atoms with Crippen LogP contribution >= 0.6 is 0 Å². The number of anilines is 1. The van der Waals surface area contributed by atoms with Gasteiger partial charge < -0.3 is 9.47 Å². The van der Waals surface area contributed by atoms with Crippen LogP contribution in [0.3, 0.4) is 0 Å². The molecule has 0 N–H and O–H groups in total. The molecule has 1 aliphatic heterocycles. The molecule has 1 fully saturated rings. The molecular weight excluding hydrogens is 367 g/mol. The molecule has 148 valence electrons. The summed E-state index contributed by atoms with van der Waals surface area (Å²) in [5.74, 6) is 0.735. The highest BCUT2D eigenvalue weighted by atomic mass is 19.1. The lowest BCUT2D eigenvalue weighted by molar-refractivity contribution is 0.248. The van der Waals surface area contributed by atoms with Crippen LogP contribution in [0.5, 0.6) is 0 Å². The van der Waals surface area contributed by atoms with E-state index in [0.717, 1.165) is 56.3 Å². The van der Waals surface area contributed by atoms with E-state index in [1.807, 2.05) is 13.0 Å². The maximum absolute atomic E-state index is 13.3. The fourth-order valence-corrected chi connectivity index (χ4v) is 4.10. The molecular formula is C22H23FN6. The molecule has 0 radical (unpaired) electrons. The van der Waals surface area contributed by atoms with Crippen molar-refractivity contribution >= 4 is 27.6 Å². The monoisotopic (exact) mass is 390 g/mol. The molecule has 2 aromatic carbocycles. The molecule has 0 atom stereocenters. The Hall–Kier alpha value is -3.06. The quantitative estimate of drug-likeness (QED) is 0.535. The standard InChI is InChI=1S/C22H23FN6/c1-16-18-4-2-3-5-19(18)22(26-25-16)28-11-8-27(9-12-28)10-13-29-15-24-20-14-17(23)6-7-21(20)29/h2-7,14-15H,8-13H2,1H3. The van der Waals surface area contributed by atoms with E-state index in [1.165, 1.54) is 22.9 Å². The second-order valence-electron chi connectivity index (χ2n) is 7.55. The molecule has 0 saturated carbocycles. The smallest absolute Gasteiger partial charge is 0.159 e. The molecule has 0 aliphatic carbocycles. The van der Waals surface area contributed by atoms with E-state index in [4.69, 9.17) is 0 Å². The zero-order chi connectivity index (χ0) is 19.8. The minimum absolute atomic E-state index is 0.245. The summed E-state index contributed by atoms with van der Waals surface area (Å²) in [5.41, 5.74) is 2.65. The van der Waals surface area contributed by atoms with Crippen molar-refractivity contribution in [2.75, 3.05) is 37.6 Å². The second-order valence-corrected chi connectivity index (χ2v) is 7.55. The van der Waals surface area contributed by atoms with Crippen molar-refractivity contribution in [2.24, 2.45) is 0 Å². The summed E-state index contributed by atoms with van der Waals surface area (Å²) in [4.78, 5) is 9.10. The number of aryl methyl sites for hydroxylation is 1. The van der Waals surface area contributed by atoms with E-state index in [-0.39, 0.29) is 5.82 Å². The molecule has 1 aliphatic rings. The maximum Gasteiger partial charge on any atom is 0.159 e. The van der Waals surface area contributed by atoms with E-state index in [0.29, 0.717) is 5.52 Å². The number of hydrogen-bond donors (Lipinski definition) is 0. The van der Waals surface area contributed by atoms with Crippen molar-refractivity contribution in [1.82, 2.24) is 24.6 Å². The number of nitrogens with zero attached hydrogens (tertiary/aromatic N) is 6. The summed E-state index contributed by atoms with van der Waals surface area (Å²) in [6, 6.07) is 13.1. The third-order valence-electron chi connectivity index (χ3n) is 5.76. The van der Waals surface area contributed by atoms with Gasteiger partial charge >= 0.3 is 0 Å². The second kappa shape index (κ2) is 7.40. The number of benzene rings is 2. The van der Waals surface area contributed by atoms with E-state index in [1.54, 1.807) is 12.4 Å². The van der Waals surface area contributed by atoms with Gasteiger partial charge in [0.05, 0.1) is 23.1 Å². The van der Waals surface area contributed by atoms with Crippen molar-refractivity contribution in [3.63, 3.8) is 0 Å². The fourth-order valence-electron chi connectivity index (χ4n) is 4.10. The van der Waals surface area contributed by atoms with E-state index in [9.17, 15) is 4.39 Å². The van der Waals surface area contributed by atoms with Gasteiger partial charge in [-0.2, -0.15) is 5.10 Å². The Morgan fingerprint density at radius 3 is 2.55 bits per heavy atom. The summed E-state index contributed by atoms with van der Waals surface area (Å²) in [6.07, 6.45) is 1.80. The number of hydrogen-bond acceptors (Lipinski definition) is 5. The van der Waals surface area contributed by atoms with Gasteiger partial charge in [0.1, 0.15) is 5.82 Å².